The summed E-state index contributed by atoms with van der Waals surface area (Å²) in [5, 5.41) is 9.44. The number of hydrogen-bond donors (Lipinski definition) is 1. The van der Waals surface area contributed by atoms with Crippen LogP contribution < -0.4 is 0 Å². The second kappa shape index (κ2) is 3.94. The molecule has 0 aromatic carbocycles. The molecule has 0 saturated heterocycles. The molecule has 0 aliphatic carbocycles. The van der Waals surface area contributed by atoms with Crippen LogP contribution >= 0.6 is 0 Å². The summed E-state index contributed by atoms with van der Waals surface area (Å²) >= 11 is 0. The number of aliphatic hydroxyl groups excluding tert-OH is 1. The second-order valence-electron chi connectivity index (χ2n) is 3.66. The van der Waals surface area contributed by atoms with Crippen LogP contribution in [-0.2, 0) is 4.74 Å². The summed E-state index contributed by atoms with van der Waals surface area (Å²) in [4.78, 5) is 0. The highest BCUT2D eigenvalue weighted by atomic mass is 16.5. The van der Waals surface area contributed by atoms with Gasteiger partial charge in [0.05, 0.1) is 6.10 Å². The Kier molecular flexibility index (Phi) is 3.91. The number of hydrogen-bond acceptors (Lipinski definition) is 2. The summed E-state index contributed by atoms with van der Waals surface area (Å²) in [5.41, 5.74) is -0.0153. The summed E-state index contributed by atoms with van der Waals surface area (Å²) in [6, 6.07) is 0. The van der Waals surface area contributed by atoms with Crippen molar-refractivity contribution in [3.63, 3.8) is 0 Å². The zero-order valence-corrected chi connectivity index (χ0v) is 7.35. The van der Waals surface area contributed by atoms with E-state index in [1.807, 2.05) is 20.8 Å². The zero-order chi connectivity index (χ0) is 8.20. The van der Waals surface area contributed by atoms with Crippen molar-refractivity contribution in [2.75, 3.05) is 13.7 Å². The Morgan fingerprint density at radius 2 is 1.90 bits per heavy atom. The first-order valence-corrected chi connectivity index (χ1v) is 3.65. The summed E-state index contributed by atoms with van der Waals surface area (Å²) in [5.74, 6) is 0. The molecule has 0 amide bonds. The van der Waals surface area contributed by atoms with Gasteiger partial charge < -0.3 is 9.84 Å². The van der Waals surface area contributed by atoms with E-state index in [-0.39, 0.29) is 11.5 Å². The number of methoxy groups -OCH3 is 1. The van der Waals surface area contributed by atoms with Gasteiger partial charge in [0, 0.05) is 13.7 Å². The third kappa shape index (κ3) is 3.85. The van der Waals surface area contributed by atoms with E-state index in [4.69, 9.17) is 4.74 Å². The molecule has 2 heteroatoms. The molecule has 0 aromatic rings. The van der Waals surface area contributed by atoms with Crippen molar-refractivity contribution >= 4 is 0 Å². The average molecular weight is 146 g/mol. The monoisotopic (exact) mass is 146 g/mol. The Hall–Kier alpha value is -0.0800. The highest BCUT2D eigenvalue weighted by Gasteiger charge is 2.20. The zero-order valence-electron chi connectivity index (χ0n) is 7.35. The highest BCUT2D eigenvalue weighted by Crippen LogP contribution is 2.21. The van der Waals surface area contributed by atoms with E-state index in [0.717, 1.165) is 6.42 Å². The highest BCUT2D eigenvalue weighted by molar-refractivity contribution is 4.71. The molecule has 0 spiro atoms. The molecule has 0 radical (unpaired) electrons. The average Bonchev–Trinajstić information content (AvgIpc) is 1.80. The lowest BCUT2D eigenvalue weighted by atomic mass is 9.87. The third-order valence-electron chi connectivity index (χ3n) is 1.60. The first-order valence-electron chi connectivity index (χ1n) is 3.65. The lowest BCUT2D eigenvalue weighted by molar-refractivity contribution is 0.0325. The standard InChI is InChI=1S/C8H18O2/c1-8(2,3)7(9)5-6-10-4/h7,9H,5-6H2,1-4H3. The molecular weight excluding hydrogens is 128 g/mol. The molecule has 1 unspecified atom stereocenters. The molecule has 0 heterocycles. The van der Waals surface area contributed by atoms with Crippen LogP contribution in [0.25, 0.3) is 0 Å². The summed E-state index contributed by atoms with van der Waals surface area (Å²) < 4.78 is 4.85. The van der Waals surface area contributed by atoms with E-state index in [2.05, 4.69) is 0 Å². The minimum absolute atomic E-state index is 0.0153. The molecule has 0 saturated carbocycles. The Bertz CT molecular complexity index is 83.7. The van der Waals surface area contributed by atoms with Crippen LogP contribution in [0, 0.1) is 5.41 Å². The molecule has 0 aliphatic heterocycles. The van der Waals surface area contributed by atoms with Crippen LogP contribution in [0.3, 0.4) is 0 Å². The van der Waals surface area contributed by atoms with Crippen molar-refractivity contribution in [3.05, 3.63) is 0 Å². The molecule has 62 valence electrons. The Labute approximate surface area is 63.2 Å². The fourth-order valence-electron chi connectivity index (χ4n) is 0.662. The molecule has 0 aromatic heterocycles. The van der Waals surface area contributed by atoms with Gasteiger partial charge in [0.25, 0.3) is 0 Å². The molecule has 10 heavy (non-hydrogen) atoms. The van der Waals surface area contributed by atoms with Gasteiger partial charge in [-0.2, -0.15) is 0 Å². The SMILES string of the molecule is COCCC(O)C(C)(C)C. The lowest BCUT2D eigenvalue weighted by Crippen LogP contribution is -2.27. The van der Waals surface area contributed by atoms with Crippen molar-refractivity contribution in [3.8, 4) is 0 Å². The number of rotatable bonds is 3. The minimum Gasteiger partial charge on any atom is -0.392 e. The lowest BCUT2D eigenvalue weighted by Gasteiger charge is -2.25. The maximum atomic E-state index is 9.44. The number of ether oxygens (including phenoxy) is 1. The topological polar surface area (TPSA) is 29.5 Å². The van der Waals surface area contributed by atoms with Crippen LogP contribution in [0.2, 0.25) is 0 Å². The van der Waals surface area contributed by atoms with Crippen LogP contribution in [0.5, 0.6) is 0 Å². The maximum absolute atomic E-state index is 9.44. The van der Waals surface area contributed by atoms with Gasteiger partial charge in [-0.15, -0.1) is 0 Å². The quantitative estimate of drug-likeness (QED) is 0.652. The van der Waals surface area contributed by atoms with E-state index < -0.39 is 0 Å². The van der Waals surface area contributed by atoms with E-state index in [1.54, 1.807) is 7.11 Å². The van der Waals surface area contributed by atoms with Gasteiger partial charge in [-0.05, 0) is 11.8 Å². The van der Waals surface area contributed by atoms with Gasteiger partial charge in [-0.25, -0.2) is 0 Å². The van der Waals surface area contributed by atoms with E-state index in [1.165, 1.54) is 0 Å². The predicted molar refractivity (Wildman–Crippen MR) is 42.0 cm³/mol. The van der Waals surface area contributed by atoms with Crippen molar-refractivity contribution in [2.45, 2.75) is 33.3 Å². The van der Waals surface area contributed by atoms with Gasteiger partial charge in [-0.1, -0.05) is 20.8 Å². The van der Waals surface area contributed by atoms with Crippen molar-refractivity contribution in [1.29, 1.82) is 0 Å². The second-order valence-corrected chi connectivity index (χ2v) is 3.66. The minimum atomic E-state index is -0.257. The molecular formula is C8H18O2. The third-order valence-corrected chi connectivity index (χ3v) is 1.60. The first-order chi connectivity index (χ1) is 4.48. The van der Waals surface area contributed by atoms with Crippen molar-refractivity contribution in [1.82, 2.24) is 0 Å². The van der Waals surface area contributed by atoms with Crippen LogP contribution in [0.4, 0.5) is 0 Å². The van der Waals surface area contributed by atoms with Gasteiger partial charge in [0.2, 0.25) is 0 Å². The van der Waals surface area contributed by atoms with Crippen LogP contribution in [0.15, 0.2) is 0 Å². The Morgan fingerprint density at radius 1 is 1.40 bits per heavy atom. The van der Waals surface area contributed by atoms with Gasteiger partial charge in [-0.3, -0.25) is 0 Å². The fourth-order valence-corrected chi connectivity index (χ4v) is 0.662. The van der Waals surface area contributed by atoms with Gasteiger partial charge in [0.1, 0.15) is 0 Å². The van der Waals surface area contributed by atoms with E-state index >= 15 is 0 Å². The van der Waals surface area contributed by atoms with Crippen LogP contribution in [0.1, 0.15) is 27.2 Å². The normalized spacial score (nSPS) is 15.3. The van der Waals surface area contributed by atoms with Crippen molar-refractivity contribution < 1.29 is 9.84 Å². The van der Waals surface area contributed by atoms with Crippen LogP contribution in [-0.4, -0.2) is 24.9 Å². The van der Waals surface area contributed by atoms with Gasteiger partial charge >= 0.3 is 0 Å². The number of aliphatic hydroxyl groups is 1. The summed E-state index contributed by atoms with van der Waals surface area (Å²) in [7, 11) is 1.65. The smallest absolute Gasteiger partial charge is 0.0610 e. The van der Waals surface area contributed by atoms with Crippen molar-refractivity contribution in [2.24, 2.45) is 5.41 Å². The maximum Gasteiger partial charge on any atom is 0.0610 e. The predicted octanol–water partition coefficient (Wildman–Crippen LogP) is 1.43. The molecule has 0 fully saturated rings. The van der Waals surface area contributed by atoms with E-state index in [0.29, 0.717) is 6.61 Å². The summed E-state index contributed by atoms with van der Waals surface area (Å²) in [6.07, 6.45) is 0.465. The Balaban J connectivity index is 3.52. The van der Waals surface area contributed by atoms with E-state index in [9.17, 15) is 5.11 Å². The molecule has 0 rings (SSSR count). The molecule has 1 atom stereocenters. The molecule has 2 nitrogen and oxygen atoms in total. The first kappa shape index (κ1) is 9.92. The molecule has 1 N–H and O–H groups in total. The molecule has 0 bridgehead atoms. The fraction of sp³-hybridized carbons (Fsp3) is 1.00. The Morgan fingerprint density at radius 3 is 2.20 bits per heavy atom. The molecule has 0 aliphatic rings. The van der Waals surface area contributed by atoms with Gasteiger partial charge in [0.15, 0.2) is 0 Å². The largest absolute Gasteiger partial charge is 0.392 e. The summed E-state index contributed by atoms with van der Waals surface area (Å²) in [6.45, 7) is 6.70.